The molecule has 4 heteroatoms. The van der Waals surface area contributed by atoms with E-state index in [4.69, 9.17) is 0 Å². The summed E-state index contributed by atoms with van der Waals surface area (Å²) in [5.74, 6) is 0.592. The first kappa shape index (κ1) is 14.8. The Bertz CT molecular complexity index is 371. The van der Waals surface area contributed by atoms with E-state index in [1.807, 2.05) is 17.7 Å². The van der Waals surface area contributed by atoms with Crippen LogP contribution >= 0.6 is 0 Å². The molecule has 1 aromatic rings. The summed E-state index contributed by atoms with van der Waals surface area (Å²) < 4.78 is 1.94. The fraction of sp³-hybridized carbons (Fsp3) is 0.643. The molecule has 1 heterocycles. The SMILES string of the molecule is CCNC(=O)Cn1ccc(C(NCC)C(C)C)c1. The zero-order valence-corrected chi connectivity index (χ0v) is 11.9. The van der Waals surface area contributed by atoms with Crippen LogP contribution in [0.15, 0.2) is 18.5 Å². The van der Waals surface area contributed by atoms with Gasteiger partial charge in [-0.1, -0.05) is 20.8 Å². The lowest BCUT2D eigenvalue weighted by Crippen LogP contribution is -2.27. The van der Waals surface area contributed by atoms with E-state index in [1.54, 1.807) is 0 Å². The number of nitrogens with one attached hydrogen (secondary N) is 2. The molecule has 102 valence electrons. The number of hydrogen-bond donors (Lipinski definition) is 2. The Morgan fingerprint density at radius 1 is 1.33 bits per heavy atom. The van der Waals surface area contributed by atoms with Crippen molar-refractivity contribution in [2.24, 2.45) is 5.92 Å². The molecule has 18 heavy (non-hydrogen) atoms. The van der Waals surface area contributed by atoms with Gasteiger partial charge in [-0.15, -0.1) is 0 Å². The predicted octanol–water partition coefficient (Wildman–Crippen LogP) is 1.93. The first-order chi connectivity index (χ1) is 8.58. The van der Waals surface area contributed by atoms with E-state index in [9.17, 15) is 4.79 Å². The van der Waals surface area contributed by atoms with Gasteiger partial charge in [0.2, 0.25) is 5.91 Å². The quantitative estimate of drug-likeness (QED) is 0.778. The highest BCUT2D eigenvalue weighted by Gasteiger charge is 2.15. The van der Waals surface area contributed by atoms with E-state index in [1.165, 1.54) is 5.56 Å². The maximum absolute atomic E-state index is 11.5. The molecule has 2 N–H and O–H groups in total. The Hall–Kier alpha value is -1.29. The zero-order valence-electron chi connectivity index (χ0n) is 11.9. The maximum atomic E-state index is 11.5. The Kier molecular flexibility index (Phi) is 5.92. The largest absolute Gasteiger partial charge is 0.355 e. The van der Waals surface area contributed by atoms with Crippen LogP contribution in [0.1, 0.15) is 39.3 Å². The van der Waals surface area contributed by atoms with Gasteiger partial charge in [0, 0.05) is 25.0 Å². The lowest BCUT2D eigenvalue weighted by Gasteiger charge is -2.20. The molecule has 1 unspecified atom stereocenters. The van der Waals surface area contributed by atoms with Crippen LogP contribution in [0.5, 0.6) is 0 Å². The van der Waals surface area contributed by atoms with Gasteiger partial charge in [-0.05, 0) is 31.0 Å². The van der Waals surface area contributed by atoms with Crippen LogP contribution in [0.3, 0.4) is 0 Å². The second-order valence-electron chi connectivity index (χ2n) is 4.85. The van der Waals surface area contributed by atoms with Crippen LogP contribution in [-0.4, -0.2) is 23.6 Å². The van der Waals surface area contributed by atoms with Gasteiger partial charge in [-0.3, -0.25) is 4.79 Å². The summed E-state index contributed by atoms with van der Waals surface area (Å²) in [5.41, 5.74) is 1.25. The van der Waals surface area contributed by atoms with E-state index < -0.39 is 0 Å². The molecule has 0 saturated carbocycles. The first-order valence-corrected chi connectivity index (χ1v) is 6.74. The molecule has 1 aromatic heterocycles. The van der Waals surface area contributed by atoms with Crippen LogP contribution in [0, 0.1) is 5.92 Å². The number of aromatic nitrogens is 1. The van der Waals surface area contributed by atoms with Crippen molar-refractivity contribution in [1.29, 1.82) is 0 Å². The Morgan fingerprint density at radius 3 is 2.61 bits per heavy atom. The number of rotatable bonds is 7. The fourth-order valence-corrected chi connectivity index (χ4v) is 2.12. The molecule has 0 radical (unpaired) electrons. The summed E-state index contributed by atoms with van der Waals surface area (Å²) in [6, 6.07) is 2.44. The highest BCUT2D eigenvalue weighted by molar-refractivity contribution is 5.75. The van der Waals surface area contributed by atoms with Crippen molar-refractivity contribution in [3.8, 4) is 0 Å². The van der Waals surface area contributed by atoms with Crippen molar-refractivity contribution in [3.05, 3.63) is 24.0 Å². The molecule has 4 nitrogen and oxygen atoms in total. The monoisotopic (exact) mass is 251 g/mol. The van der Waals surface area contributed by atoms with Crippen LogP contribution in [0.2, 0.25) is 0 Å². The van der Waals surface area contributed by atoms with Crippen LogP contribution < -0.4 is 10.6 Å². The molecular weight excluding hydrogens is 226 g/mol. The number of likely N-dealkylation sites (N-methyl/N-ethyl adjacent to an activating group) is 1. The van der Waals surface area contributed by atoms with Gasteiger partial charge in [0.15, 0.2) is 0 Å². The summed E-state index contributed by atoms with van der Waals surface area (Å²) in [6.45, 7) is 10.5. The van der Waals surface area contributed by atoms with E-state index >= 15 is 0 Å². The average molecular weight is 251 g/mol. The molecule has 0 spiro atoms. The standard InChI is InChI=1S/C14H25N3O/c1-5-15-13(18)10-17-8-7-12(9-17)14(11(3)4)16-6-2/h7-9,11,14,16H,5-6,10H2,1-4H3,(H,15,18). The molecule has 0 aliphatic heterocycles. The Labute approximate surface area is 110 Å². The van der Waals surface area contributed by atoms with Crippen molar-refractivity contribution in [2.75, 3.05) is 13.1 Å². The molecule has 1 amide bonds. The number of hydrogen-bond acceptors (Lipinski definition) is 2. The lowest BCUT2D eigenvalue weighted by molar-refractivity contribution is -0.121. The minimum Gasteiger partial charge on any atom is -0.355 e. The normalized spacial score (nSPS) is 12.7. The molecule has 1 rings (SSSR count). The molecule has 0 aliphatic carbocycles. The van der Waals surface area contributed by atoms with Crippen LogP contribution in [-0.2, 0) is 11.3 Å². The second-order valence-corrected chi connectivity index (χ2v) is 4.85. The third-order valence-corrected chi connectivity index (χ3v) is 2.92. The van der Waals surface area contributed by atoms with Gasteiger partial charge in [-0.25, -0.2) is 0 Å². The second kappa shape index (κ2) is 7.21. The average Bonchev–Trinajstić information content (AvgIpc) is 2.73. The van der Waals surface area contributed by atoms with Crippen molar-refractivity contribution < 1.29 is 4.79 Å². The van der Waals surface area contributed by atoms with Crippen LogP contribution in [0.4, 0.5) is 0 Å². The molecular formula is C14H25N3O. The Balaban J connectivity index is 2.68. The van der Waals surface area contributed by atoms with Crippen molar-refractivity contribution >= 4 is 5.91 Å². The minimum absolute atomic E-state index is 0.0594. The van der Waals surface area contributed by atoms with E-state index in [0.29, 0.717) is 25.0 Å². The molecule has 1 atom stereocenters. The number of nitrogens with zero attached hydrogens (tertiary/aromatic N) is 1. The minimum atomic E-state index is 0.0594. The lowest BCUT2D eigenvalue weighted by atomic mass is 9.98. The molecule has 0 bridgehead atoms. The first-order valence-electron chi connectivity index (χ1n) is 6.74. The number of carbonyl (C=O) groups is 1. The third kappa shape index (κ3) is 4.18. The van der Waals surface area contributed by atoms with E-state index in [2.05, 4.69) is 43.7 Å². The highest BCUT2D eigenvalue weighted by atomic mass is 16.1. The summed E-state index contributed by atoms with van der Waals surface area (Å²) in [6.07, 6.45) is 4.03. The van der Waals surface area contributed by atoms with Gasteiger partial charge in [0.25, 0.3) is 0 Å². The summed E-state index contributed by atoms with van der Waals surface area (Å²) >= 11 is 0. The van der Waals surface area contributed by atoms with Gasteiger partial charge < -0.3 is 15.2 Å². The smallest absolute Gasteiger partial charge is 0.239 e. The predicted molar refractivity (Wildman–Crippen MR) is 74.4 cm³/mol. The molecule has 0 aromatic carbocycles. The number of carbonyl (C=O) groups excluding carboxylic acids is 1. The molecule has 0 saturated heterocycles. The van der Waals surface area contributed by atoms with Gasteiger partial charge in [0.05, 0.1) is 0 Å². The third-order valence-electron chi connectivity index (χ3n) is 2.92. The molecule has 0 fully saturated rings. The summed E-state index contributed by atoms with van der Waals surface area (Å²) in [7, 11) is 0. The summed E-state index contributed by atoms with van der Waals surface area (Å²) in [4.78, 5) is 11.5. The van der Waals surface area contributed by atoms with E-state index in [0.717, 1.165) is 6.54 Å². The van der Waals surface area contributed by atoms with Crippen molar-refractivity contribution in [1.82, 2.24) is 15.2 Å². The summed E-state index contributed by atoms with van der Waals surface area (Å²) in [5, 5.41) is 6.28. The van der Waals surface area contributed by atoms with Crippen LogP contribution in [0.25, 0.3) is 0 Å². The number of amides is 1. The highest BCUT2D eigenvalue weighted by Crippen LogP contribution is 2.21. The van der Waals surface area contributed by atoms with E-state index in [-0.39, 0.29) is 5.91 Å². The fourth-order valence-electron chi connectivity index (χ4n) is 2.12. The van der Waals surface area contributed by atoms with Crippen molar-refractivity contribution in [3.63, 3.8) is 0 Å². The maximum Gasteiger partial charge on any atom is 0.239 e. The van der Waals surface area contributed by atoms with Gasteiger partial charge >= 0.3 is 0 Å². The molecule has 0 aliphatic rings. The van der Waals surface area contributed by atoms with Gasteiger partial charge in [-0.2, -0.15) is 0 Å². The topological polar surface area (TPSA) is 46.1 Å². The Morgan fingerprint density at radius 2 is 2.06 bits per heavy atom. The zero-order chi connectivity index (χ0) is 13.5. The van der Waals surface area contributed by atoms with Gasteiger partial charge in [0.1, 0.15) is 6.54 Å². The van der Waals surface area contributed by atoms with Crippen molar-refractivity contribution in [2.45, 2.75) is 40.3 Å².